The molecule has 6 nitrogen and oxygen atoms in total. The first-order valence-corrected chi connectivity index (χ1v) is 8.54. The Morgan fingerprint density at radius 2 is 2.10 bits per heavy atom. The van der Waals surface area contributed by atoms with E-state index in [1.54, 1.807) is 6.07 Å². The molecule has 0 aliphatic rings. The van der Waals surface area contributed by atoms with Gasteiger partial charge in [-0.1, -0.05) is 6.92 Å². The summed E-state index contributed by atoms with van der Waals surface area (Å²) in [6.07, 6.45) is 3.24. The molecule has 0 saturated carbocycles. The molecule has 0 aliphatic heterocycles. The van der Waals surface area contributed by atoms with Gasteiger partial charge in [0.15, 0.2) is 0 Å². The Balaban J connectivity index is 2.42. The van der Waals surface area contributed by atoms with Crippen LogP contribution in [0.25, 0.3) is 0 Å². The van der Waals surface area contributed by atoms with Crippen LogP contribution in [0.1, 0.15) is 32.4 Å². The largest absolute Gasteiger partial charge is 0.382 e. The Morgan fingerprint density at radius 3 is 2.80 bits per heavy atom. The van der Waals surface area contributed by atoms with Crippen LogP contribution >= 0.6 is 0 Å². The molecule has 0 aromatic carbocycles. The summed E-state index contributed by atoms with van der Waals surface area (Å²) in [5.74, 6) is 0. The first-order valence-electron chi connectivity index (χ1n) is 7.05. The van der Waals surface area contributed by atoms with Gasteiger partial charge in [-0.3, -0.25) is 0 Å². The predicted octanol–water partition coefficient (Wildman–Crippen LogP) is 1.22. The van der Waals surface area contributed by atoms with Crippen molar-refractivity contribution in [3.8, 4) is 0 Å². The van der Waals surface area contributed by atoms with Crippen LogP contribution < -0.4 is 10.0 Å². The van der Waals surface area contributed by atoms with Gasteiger partial charge in [-0.2, -0.15) is 0 Å². The fourth-order valence-electron chi connectivity index (χ4n) is 1.68. The van der Waals surface area contributed by atoms with Gasteiger partial charge in [-0.05, 0) is 32.4 Å². The summed E-state index contributed by atoms with van der Waals surface area (Å²) in [6, 6.07) is 1.66. The normalized spacial score (nSPS) is 11.9. The Morgan fingerprint density at radius 1 is 1.30 bits per heavy atom. The second-order valence-corrected chi connectivity index (χ2v) is 6.25. The molecule has 0 fully saturated rings. The molecule has 7 heteroatoms. The molecule has 0 unspecified atom stereocenters. The topological polar surface area (TPSA) is 83.2 Å². The Hall–Kier alpha value is -0.890. The average Bonchev–Trinajstić information content (AvgIpc) is 2.88. The maximum atomic E-state index is 12.0. The van der Waals surface area contributed by atoms with Crippen molar-refractivity contribution in [3.05, 3.63) is 18.0 Å². The molecule has 0 radical (unpaired) electrons. The summed E-state index contributed by atoms with van der Waals surface area (Å²) in [5, 5.41) is 3.22. The van der Waals surface area contributed by atoms with Crippen LogP contribution in [0.15, 0.2) is 17.2 Å². The van der Waals surface area contributed by atoms with Gasteiger partial charge >= 0.3 is 0 Å². The zero-order valence-electron chi connectivity index (χ0n) is 12.2. The minimum atomic E-state index is -3.42. The summed E-state index contributed by atoms with van der Waals surface area (Å²) in [6.45, 7) is 7.17. The number of hydrogen-bond acceptors (Lipinski definition) is 4. The number of ether oxygens (including phenoxy) is 1. The fourth-order valence-corrected chi connectivity index (χ4v) is 2.78. The minimum Gasteiger partial charge on any atom is -0.382 e. The lowest BCUT2D eigenvalue weighted by atomic mass is 10.4. The van der Waals surface area contributed by atoms with Crippen LogP contribution in [0.2, 0.25) is 0 Å². The standard InChI is InChI=1S/C13H25N3O3S/c1-3-6-14-10-12-9-13(11-15-12)20(17,18)16-7-5-8-19-4-2/h9,11,14-16H,3-8,10H2,1-2H3. The minimum absolute atomic E-state index is 0.280. The summed E-state index contributed by atoms with van der Waals surface area (Å²) in [4.78, 5) is 3.25. The van der Waals surface area contributed by atoms with E-state index in [-0.39, 0.29) is 4.90 Å². The van der Waals surface area contributed by atoms with Crippen LogP contribution in [0.3, 0.4) is 0 Å². The Bertz CT molecular complexity index is 471. The molecule has 20 heavy (non-hydrogen) atoms. The van der Waals surface area contributed by atoms with Crippen LogP contribution in [0.5, 0.6) is 0 Å². The van der Waals surface area contributed by atoms with Crippen LogP contribution in [-0.4, -0.2) is 39.7 Å². The highest BCUT2D eigenvalue weighted by Gasteiger charge is 2.15. The Kier molecular flexibility index (Phi) is 7.83. The van der Waals surface area contributed by atoms with Crippen molar-refractivity contribution in [2.24, 2.45) is 0 Å². The number of aromatic nitrogens is 1. The monoisotopic (exact) mass is 303 g/mol. The third-order valence-electron chi connectivity index (χ3n) is 2.73. The van der Waals surface area contributed by atoms with Gasteiger partial charge in [0.05, 0.1) is 4.90 Å². The van der Waals surface area contributed by atoms with E-state index in [1.165, 1.54) is 6.20 Å². The highest BCUT2D eigenvalue weighted by atomic mass is 32.2. The van der Waals surface area contributed by atoms with E-state index < -0.39 is 10.0 Å². The summed E-state index contributed by atoms with van der Waals surface area (Å²) >= 11 is 0. The lowest BCUT2D eigenvalue weighted by molar-refractivity contribution is 0.146. The SMILES string of the molecule is CCCNCc1cc(S(=O)(=O)NCCCOCC)c[nH]1. The van der Waals surface area contributed by atoms with Gasteiger partial charge in [0.2, 0.25) is 10.0 Å². The van der Waals surface area contributed by atoms with Gasteiger partial charge in [-0.15, -0.1) is 0 Å². The van der Waals surface area contributed by atoms with E-state index in [4.69, 9.17) is 4.74 Å². The molecule has 1 aromatic rings. The van der Waals surface area contributed by atoms with Crippen molar-refractivity contribution in [3.63, 3.8) is 0 Å². The zero-order chi connectivity index (χ0) is 14.8. The van der Waals surface area contributed by atoms with Crippen molar-refractivity contribution in [2.45, 2.75) is 38.1 Å². The number of rotatable bonds is 11. The van der Waals surface area contributed by atoms with Crippen LogP contribution in [-0.2, 0) is 21.3 Å². The Labute approximate surface area is 121 Å². The van der Waals surface area contributed by atoms with Gasteiger partial charge < -0.3 is 15.0 Å². The van der Waals surface area contributed by atoms with Crippen LogP contribution in [0, 0.1) is 0 Å². The van der Waals surface area contributed by atoms with Crippen molar-refractivity contribution < 1.29 is 13.2 Å². The van der Waals surface area contributed by atoms with E-state index >= 15 is 0 Å². The molecule has 0 saturated heterocycles. The highest BCUT2D eigenvalue weighted by Crippen LogP contribution is 2.10. The number of H-pyrrole nitrogens is 1. The number of sulfonamides is 1. The molecule has 1 heterocycles. The lowest BCUT2D eigenvalue weighted by Crippen LogP contribution is -2.25. The van der Waals surface area contributed by atoms with Crippen molar-refractivity contribution in [2.75, 3.05) is 26.3 Å². The van der Waals surface area contributed by atoms with E-state index in [0.717, 1.165) is 18.7 Å². The molecular formula is C13H25N3O3S. The van der Waals surface area contributed by atoms with Crippen molar-refractivity contribution >= 4 is 10.0 Å². The van der Waals surface area contributed by atoms with Gasteiger partial charge in [0.1, 0.15) is 0 Å². The maximum absolute atomic E-state index is 12.0. The third-order valence-corrected chi connectivity index (χ3v) is 4.17. The molecule has 116 valence electrons. The maximum Gasteiger partial charge on any atom is 0.242 e. The predicted molar refractivity (Wildman–Crippen MR) is 79.1 cm³/mol. The fraction of sp³-hybridized carbons (Fsp3) is 0.692. The molecule has 3 N–H and O–H groups in total. The van der Waals surface area contributed by atoms with E-state index in [2.05, 4.69) is 21.9 Å². The molecule has 0 amide bonds. The highest BCUT2D eigenvalue weighted by molar-refractivity contribution is 7.89. The smallest absolute Gasteiger partial charge is 0.242 e. The second kappa shape index (κ2) is 9.12. The number of hydrogen-bond donors (Lipinski definition) is 3. The van der Waals surface area contributed by atoms with Crippen molar-refractivity contribution in [1.82, 2.24) is 15.0 Å². The quantitative estimate of drug-likeness (QED) is 0.537. The molecule has 1 rings (SSSR count). The molecule has 0 spiro atoms. The number of nitrogens with one attached hydrogen (secondary N) is 3. The molecule has 0 atom stereocenters. The molecular weight excluding hydrogens is 278 g/mol. The van der Waals surface area contributed by atoms with E-state index in [9.17, 15) is 8.42 Å². The number of aromatic amines is 1. The molecule has 1 aromatic heterocycles. The van der Waals surface area contributed by atoms with Crippen molar-refractivity contribution in [1.29, 1.82) is 0 Å². The van der Waals surface area contributed by atoms with Crippen LogP contribution in [0.4, 0.5) is 0 Å². The summed E-state index contributed by atoms with van der Waals surface area (Å²) < 4.78 is 31.8. The third kappa shape index (κ3) is 6.04. The first kappa shape index (κ1) is 17.2. The second-order valence-electron chi connectivity index (χ2n) is 4.49. The zero-order valence-corrected chi connectivity index (χ0v) is 13.1. The van der Waals surface area contributed by atoms with E-state index in [1.807, 2.05) is 6.92 Å². The van der Waals surface area contributed by atoms with Gasteiger partial charge in [-0.25, -0.2) is 13.1 Å². The average molecular weight is 303 g/mol. The molecule has 0 aliphatic carbocycles. The summed E-state index contributed by atoms with van der Waals surface area (Å²) in [5.41, 5.74) is 0.869. The molecule has 0 bridgehead atoms. The van der Waals surface area contributed by atoms with Gasteiger partial charge in [0.25, 0.3) is 0 Å². The van der Waals surface area contributed by atoms with E-state index in [0.29, 0.717) is 32.7 Å². The summed E-state index contributed by atoms with van der Waals surface area (Å²) in [7, 11) is -3.42. The van der Waals surface area contributed by atoms with Gasteiger partial charge in [0, 0.05) is 38.2 Å². The lowest BCUT2D eigenvalue weighted by Gasteiger charge is -2.04. The first-order chi connectivity index (χ1) is 9.60.